The van der Waals surface area contributed by atoms with Crippen molar-refractivity contribution >= 4 is 16.8 Å². The Bertz CT molecular complexity index is 728. The molecule has 0 unspecified atom stereocenters. The van der Waals surface area contributed by atoms with Gasteiger partial charge in [-0.05, 0) is 56.8 Å². The molecule has 0 spiro atoms. The molecule has 1 aromatic heterocycles. The van der Waals surface area contributed by atoms with Crippen LogP contribution in [0.4, 0.5) is 0 Å². The normalized spacial score (nSPS) is 24.5. The molecule has 2 saturated heterocycles. The fraction of sp³-hybridized carbons (Fsp3) is 0.474. The van der Waals surface area contributed by atoms with Crippen molar-refractivity contribution in [1.82, 2.24) is 15.2 Å². The first-order valence-electron chi connectivity index (χ1n) is 8.59. The first-order valence-corrected chi connectivity index (χ1v) is 8.59. The minimum atomic E-state index is 0.140. The summed E-state index contributed by atoms with van der Waals surface area (Å²) in [5.41, 5.74) is 2.54. The second-order valence-corrected chi connectivity index (χ2v) is 6.88. The number of nitrogens with one attached hydrogen (secondary N) is 1. The maximum Gasteiger partial charge on any atom is 0.256 e. The summed E-state index contributed by atoms with van der Waals surface area (Å²) in [5, 5.41) is 4.52. The quantitative estimate of drug-likeness (QED) is 0.881. The number of aromatic nitrogens is 1. The van der Waals surface area contributed by atoms with E-state index in [9.17, 15) is 4.79 Å². The van der Waals surface area contributed by atoms with E-state index in [1.807, 2.05) is 42.2 Å². The zero-order valence-electron chi connectivity index (χ0n) is 13.6. The lowest BCUT2D eigenvalue weighted by molar-refractivity contribution is 0.0760. The highest BCUT2D eigenvalue weighted by molar-refractivity contribution is 6.05. The number of hydrogen-bond donors (Lipinski definition) is 1. The lowest BCUT2D eigenvalue weighted by atomic mass is 9.92. The second-order valence-electron chi connectivity index (χ2n) is 6.88. The van der Waals surface area contributed by atoms with Gasteiger partial charge in [0.2, 0.25) is 0 Å². The van der Waals surface area contributed by atoms with Gasteiger partial charge in [-0.1, -0.05) is 18.2 Å². The summed E-state index contributed by atoms with van der Waals surface area (Å²) in [6.45, 7) is 5.93. The van der Waals surface area contributed by atoms with Crippen molar-refractivity contribution in [2.45, 2.75) is 19.8 Å². The van der Waals surface area contributed by atoms with Crippen molar-refractivity contribution in [3.05, 3.63) is 41.6 Å². The van der Waals surface area contributed by atoms with Crippen LogP contribution in [-0.2, 0) is 0 Å². The Labute approximate surface area is 136 Å². The molecule has 2 atom stereocenters. The largest absolute Gasteiger partial charge is 0.339 e. The predicted octanol–water partition coefficient (Wildman–Crippen LogP) is 2.61. The third-order valence-corrected chi connectivity index (χ3v) is 5.40. The lowest BCUT2D eigenvalue weighted by Crippen LogP contribution is -2.33. The van der Waals surface area contributed by atoms with Gasteiger partial charge in [-0.2, -0.15) is 0 Å². The number of rotatable bonds is 1. The van der Waals surface area contributed by atoms with Crippen molar-refractivity contribution in [1.29, 1.82) is 0 Å². The summed E-state index contributed by atoms with van der Waals surface area (Å²) in [7, 11) is 0. The summed E-state index contributed by atoms with van der Waals surface area (Å²) in [6.07, 6.45) is 2.22. The molecule has 120 valence electrons. The van der Waals surface area contributed by atoms with Gasteiger partial charge in [0.15, 0.2) is 0 Å². The van der Waals surface area contributed by atoms with Crippen molar-refractivity contribution in [2.24, 2.45) is 11.8 Å². The molecule has 4 rings (SSSR count). The van der Waals surface area contributed by atoms with E-state index in [1.54, 1.807) is 0 Å². The number of aryl methyl sites for hydroxylation is 1. The first-order chi connectivity index (χ1) is 11.2. The van der Waals surface area contributed by atoms with E-state index < -0.39 is 0 Å². The molecule has 2 aliphatic heterocycles. The van der Waals surface area contributed by atoms with E-state index in [4.69, 9.17) is 0 Å². The Kier molecular flexibility index (Phi) is 3.77. The smallest absolute Gasteiger partial charge is 0.256 e. The van der Waals surface area contributed by atoms with Gasteiger partial charge in [-0.25, -0.2) is 0 Å². The molecule has 0 radical (unpaired) electrons. The number of carbonyl (C=O) groups is 1. The number of nitrogens with zero attached hydrogens (tertiary/aromatic N) is 2. The van der Waals surface area contributed by atoms with E-state index >= 15 is 0 Å². The molecular formula is C19H23N3O. The Balaban J connectivity index is 1.63. The Morgan fingerprint density at radius 2 is 1.87 bits per heavy atom. The van der Waals surface area contributed by atoms with Crippen LogP contribution in [0, 0.1) is 18.8 Å². The van der Waals surface area contributed by atoms with Crippen LogP contribution in [0.2, 0.25) is 0 Å². The maximum atomic E-state index is 13.1. The minimum absolute atomic E-state index is 0.140. The summed E-state index contributed by atoms with van der Waals surface area (Å²) < 4.78 is 0. The van der Waals surface area contributed by atoms with E-state index in [0.717, 1.165) is 73.0 Å². The van der Waals surface area contributed by atoms with E-state index in [-0.39, 0.29) is 5.91 Å². The lowest BCUT2D eigenvalue weighted by Gasteiger charge is -2.21. The van der Waals surface area contributed by atoms with E-state index in [0.29, 0.717) is 0 Å². The Morgan fingerprint density at radius 3 is 2.61 bits per heavy atom. The molecule has 1 amide bonds. The number of amides is 1. The molecule has 0 bridgehead atoms. The van der Waals surface area contributed by atoms with Crippen LogP contribution in [0.1, 0.15) is 28.9 Å². The second kappa shape index (κ2) is 5.93. The number of likely N-dealkylation sites (tertiary alicyclic amines) is 1. The van der Waals surface area contributed by atoms with Gasteiger partial charge in [0, 0.05) is 24.2 Å². The molecule has 1 aromatic carbocycles. The number of pyridine rings is 1. The molecule has 2 fully saturated rings. The molecule has 1 N–H and O–H groups in total. The van der Waals surface area contributed by atoms with Gasteiger partial charge < -0.3 is 10.2 Å². The summed E-state index contributed by atoms with van der Waals surface area (Å²) in [6, 6.07) is 9.95. The van der Waals surface area contributed by atoms with E-state index in [1.165, 1.54) is 0 Å². The fourth-order valence-corrected chi connectivity index (χ4v) is 4.01. The number of para-hydroxylation sites is 1. The monoisotopic (exact) mass is 309 g/mol. The fourth-order valence-electron chi connectivity index (χ4n) is 4.01. The van der Waals surface area contributed by atoms with Crippen LogP contribution >= 0.6 is 0 Å². The predicted molar refractivity (Wildman–Crippen MR) is 91.5 cm³/mol. The number of benzene rings is 1. The van der Waals surface area contributed by atoms with Crippen LogP contribution in [0.25, 0.3) is 10.9 Å². The van der Waals surface area contributed by atoms with Gasteiger partial charge >= 0.3 is 0 Å². The molecule has 3 heterocycles. The summed E-state index contributed by atoms with van der Waals surface area (Å²) in [4.78, 5) is 19.7. The van der Waals surface area contributed by atoms with Crippen LogP contribution in [0.5, 0.6) is 0 Å². The third-order valence-electron chi connectivity index (χ3n) is 5.40. The summed E-state index contributed by atoms with van der Waals surface area (Å²) in [5.74, 6) is 1.61. The van der Waals surface area contributed by atoms with Gasteiger partial charge in [0.25, 0.3) is 5.91 Å². The molecule has 4 nitrogen and oxygen atoms in total. The highest BCUT2D eigenvalue weighted by Crippen LogP contribution is 2.28. The first kappa shape index (κ1) is 14.6. The van der Waals surface area contributed by atoms with Crippen LogP contribution < -0.4 is 5.32 Å². The van der Waals surface area contributed by atoms with Crippen molar-refractivity contribution < 1.29 is 4.79 Å². The van der Waals surface area contributed by atoms with Crippen molar-refractivity contribution in [2.75, 3.05) is 26.2 Å². The van der Waals surface area contributed by atoms with Crippen LogP contribution in [-0.4, -0.2) is 42.0 Å². The van der Waals surface area contributed by atoms with Crippen LogP contribution in [0.3, 0.4) is 0 Å². The highest BCUT2D eigenvalue weighted by atomic mass is 16.2. The molecule has 0 aliphatic carbocycles. The SMILES string of the molecule is Cc1ccc2cccc(C(=O)N3CC[C@@H]4CNC[C@@H]4CC3)c2n1. The van der Waals surface area contributed by atoms with E-state index in [2.05, 4.69) is 10.3 Å². The average Bonchev–Trinajstić information content (AvgIpc) is 2.92. The zero-order chi connectivity index (χ0) is 15.8. The number of carbonyl (C=O) groups excluding carboxylic acids is 1. The minimum Gasteiger partial charge on any atom is -0.339 e. The van der Waals surface area contributed by atoms with Crippen molar-refractivity contribution in [3.63, 3.8) is 0 Å². The maximum absolute atomic E-state index is 13.1. The molecular weight excluding hydrogens is 286 g/mol. The standard InChI is InChI=1S/C19H23N3O/c1-13-5-6-14-3-2-4-17(18(14)21-13)19(23)22-9-7-15-11-20-12-16(15)8-10-22/h2-6,15-16,20H,7-12H2,1H3/t15-,16+. The van der Waals surface area contributed by atoms with Crippen LogP contribution in [0.15, 0.2) is 30.3 Å². The molecule has 0 saturated carbocycles. The third kappa shape index (κ3) is 2.72. The highest BCUT2D eigenvalue weighted by Gasteiger charge is 2.32. The molecule has 23 heavy (non-hydrogen) atoms. The molecule has 2 aliphatic rings. The Morgan fingerprint density at radius 1 is 1.13 bits per heavy atom. The Hall–Kier alpha value is -1.94. The van der Waals surface area contributed by atoms with Gasteiger partial charge in [0.1, 0.15) is 0 Å². The van der Waals surface area contributed by atoms with Gasteiger partial charge in [0.05, 0.1) is 11.1 Å². The van der Waals surface area contributed by atoms with Crippen molar-refractivity contribution in [3.8, 4) is 0 Å². The summed E-state index contributed by atoms with van der Waals surface area (Å²) >= 11 is 0. The average molecular weight is 309 g/mol. The topological polar surface area (TPSA) is 45.2 Å². The molecule has 2 aromatic rings. The molecule has 4 heteroatoms. The van der Waals surface area contributed by atoms with Gasteiger partial charge in [-0.15, -0.1) is 0 Å². The van der Waals surface area contributed by atoms with Gasteiger partial charge in [-0.3, -0.25) is 9.78 Å². The number of fused-ring (bicyclic) bond motifs is 2. The number of hydrogen-bond acceptors (Lipinski definition) is 3. The zero-order valence-corrected chi connectivity index (χ0v) is 13.6.